The molecule has 10 heteroatoms. The Bertz CT molecular complexity index is 1030. The summed E-state index contributed by atoms with van der Waals surface area (Å²) >= 11 is 0. The molecule has 0 aliphatic rings. The van der Waals surface area contributed by atoms with Crippen LogP contribution in [-0.2, 0) is 0 Å². The number of nitro benzene ring substituents is 2. The molecule has 0 spiro atoms. The van der Waals surface area contributed by atoms with E-state index in [2.05, 4.69) is 29.8 Å². The van der Waals surface area contributed by atoms with E-state index in [4.69, 9.17) is 0 Å². The van der Waals surface area contributed by atoms with Crippen molar-refractivity contribution in [2.75, 3.05) is 29.0 Å². The second kappa shape index (κ2) is 17.1. The molecular weight excluding hydrogens is 489 g/mol. The molecule has 2 aromatic rings. The third-order valence-electron chi connectivity index (χ3n) is 6.45. The molecule has 0 saturated heterocycles. The largest absolute Gasteiger partial charge is 0.385 e. The van der Waals surface area contributed by atoms with Crippen molar-refractivity contribution in [3.05, 3.63) is 56.4 Å². The molecule has 2 aromatic carbocycles. The van der Waals surface area contributed by atoms with Crippen molar-refractivity contribution in [2.24, 2.45) is 0 Å². The highest BCUT2D eigenvalue weighted by molar-refractivity contribution is 5.81. The zero-order chi connectivity index (χ0) is 27.8. The van der Waals surface area contributed by atoms with Crippen molar-refractivity contribution >= 4 is 34.1 Å². The van der Waals surface area contributed by atoms with Crippen LogP contribution in [0.15, 0.2) is 30.3 Å². The van der Waals surface area contributed by atoms with Gasteiger partial charge in [-0.25, -0.2) is 0 Å². The van der Waals surface area contributed by atoms with Gasteiger partial charge in [0.15, 0.2) is 0 Å². The normalized spacial score (nSPS) is 10.8. The van der Waals surface area contributed by atoms with Crippen LogP contribution in [0.25, 0.3) is 0 Å². The van der Waals surface area contributed by atoms with Gasteiger partial charge >= 0.3 is 5.69 Å². The molecule has 0 fully saturated rings. The van der Waals surface area contributed by atoms with Gasteiger partial charge in [-0.2, -0.15) is 4.39 Å². The summed E-state index contributed by atoms with van der Waals surface area (Å²) in [6, 6.07) is 7.03. The Kier molecular flexibility index (Phi) is 13.9. The number of nitro groups is 2. The molecule has 3 N–H and O–H groups in total. The number of rotatable bonds is 20. The van der Waals surface area contributed by atoms with E-state index >= 15 is 0 Å². The van der Waals surface area contributed by atoms with E-state index in [-0.39, 0.29) is 5.69 Å². The van der Waals surface area contributed by atoms with E-state index in [1.165, 1.54) is 57.8 Å². The standard InChI is InChI=1S/C28H42FN5O4/c1-3-5-7-9-11-13-17-30-22-15-16-24(25(19-22)31-18-14-12-10-8-6-4-2)32-26-20-23(29)27(33(35)36)21-28(26)34(37)38/h15-16,19-21,30-32H,3-14,17-18H2,1-2H3. The summed E-state index contributed by atoms with van der Waals surface area (Å²) in [7, 11) is 0. The van der Waals surface area contributed by atoms with Gasteiger partial charge in [-0.3, -0.25) is 20.2 Å². The van der Waals surface area contributed by atoms with Crippen molar-refractivity contribution in [2.45, 2.75) is 90.9 Å². The molecule has 210 valence electrons. The molecule has 38 heavy (non-hydrogen) atoms. The van der Waals surface area contributed by atoms with Gasteiger partial charge in [-0.15, -0.1) is 0 Å². The SMILES string of the molecule is CCCCCCCCNc1ccc(Nc2cc(F)c([N+](=O)[O-])cc2[N+](=O)[O-])c(NCCCCCCCC)c1. The van der Waals surface area contributed by atoms with E-state index in [0.29, 0.717) is 11.8 Å². The van der Waals surface area contributed by atoms with Crippen LogP contribution in [0.2, 0.25) is 0 Å². The van der Waals surface area contributed by atoms with E-state index < -0.39 is 27.0 Å². The Hall–Kier alpha value is -3.43. The zero-order valence-electron chi connectivity index (χ0n) is 22.7. The lowest BCUT2D eigenvalue weighted by molar-refractivity contribution is -0.395. The fourth-order valence-corrected chi connectivity index (χ4v) is 4.26. The number of unbranched alkanes of at least 4 members (excludes halogenated alkanes) is 10. The quantitative estimate of drug-likeness (QED) is 0.0885. The summed E-state index contributed by atoms with van der Waals surface area (Å²) in [4.78, 5) is 20.9. The van der Waals surface area contributed by atoms with Crippen molar-refractivity contribution < 1.29 is 14.2 Å². The van der Waals surface area contributed by atoms with E-state index in [1.54, 1.807) is 6.07 Å². The van der Waals surface area contributed by atoms with Crippen LogP contribution in [0.4, 0.5) is 38.5 Å². The molecule has 0 aromatic heterocycles. The predicted molar refractivity (Wildman–Crippen MR) is 153 cm³/mol. The van der Waals surface area contributed by atoms with Crippen molar-refractivity contribution in [3.8, 4) is 0 Å². The number of nitrogens with one attached hydrogen (secondary N) is 3. The molecule has 0 heterocycles. The van der Waals surface area contributed by atoms with Gasteiger partial charge in [0.1, 0.15) is 5.69 Å². The summed E-state index contributed by atoms with van der Waals surface area (Å²) < 4.78 is 14.3. The van der Waals surface area contributed by atoms with Gasteiger partial charge in [0.25, 0.3) is 5.69 Å². The molecule has 0 aliphatic carbocycles. The number of hydrogen-bond acceptors (Lipinski definition) is 7. The van der Waals surface area contributed by atoms with Gasteiger partial charge in [0.05, 0.1) is 27.3 Å². The lowest BCUT2D eigenvalue weighted by atomic mass is 10.1. The number of anilines is 4. The third-order valence-corrected chi connectivity index (χ3v) is 6.45. The maximum absolute atomic E-state index is 14.3. The van der Waals surface area contributed by atoms with Crippen LogP contribution in [0.3, 0.4) is 0 Å². The molecule has 0 aliphatic heterocycles. The monoisotopic (exact) mass is 531 g/mol. The Morgan fingerprint density at radius 2 is 1.21 bits per heavy atom. The minimum absolute atomic E-state index is 0.145. The van der Waals surface area contributed by atoms with Crippen LogP contribution in [0.5, 0.6) is 0 Å². The first kappa shape index (κ1) is 30.8. The molecule has 2 rings (SSSR count). The fraction of sp³-hybridized carbons (Fsp3) is 0.571. The Balaban J connectivity index is 2.15. The first-order chi connectivity index (χ1) is 18.4. The minimum Gasteiger partial charge on any atom is -0.385 e. The molecule has 0 radical (unpaired) electrons. The minimum atomic E-state index is -1.14. The lowest BCUT2D eigenvalue weighted by Crippen LogP contribution is -2.08. The second-order valence-electron chi connectivity index (χ2n) is 9.61. The average Bonchev–Trinajstić information content (AvgIpc) is 2.88. The highest BCUT2D eigenvalue weighted by Crippen LogP contribution is 2.36. The molecule has 0 atom stereocenters. The van der Waals surface area contributed by atoms with Crippen LogP contribution in [0.1, 0.15) is 90.9 Å². The Morgan fingerprint density at radius 1 is 0.658 bits per heavy atom. The van der Waals surface area contributed by atoms with E-state index in [0.717, 1.165) is 49.8 Å². The molecular formula is C28H42FN5O4. The highest BCUT2D eigenvalue weighted by Gasteiger charge is 2.25. The summed E-state index contributed by atoms with van der Waals surface area (Å²) in [5, 5.41) is 32.4. The summed E-state index contributed by atoms with van der Waals surface area (Å²) in [5.74, 6) is -1.14. The van der Waals surface area contributed by atoms with Gasteiger partial charge in [-0.05, 0) is 31.0 Å². The molecule has 9 nitrogen and oxygen atoms in total. The van der Waals surface area contributed by atoms with Gasteiger partial charge in [0, 0.05) is 24.8 Å². The molecule has 0 saturated carbocycles. The van der Waals surface area contributed by atoms with Crippen LogP contribution < -0.4 is 16.0 Å². The van der Waals surface area contributed by atoms with Gasteiger partial charge < -0.3 is 16.0 Å². The van der Waals surface area contributed by atoms with Gasteiger partial charge in [-0.1, -0.05) is 78.1 Å². The number of nitrogens with zero attached hydrogens (tertiary/aromatic N) is 2. The summed E-state index contributed by atoms with van der Waals surface area (Å²) in [5.41, 5.74) is 0.521. The highest BCUT2D eigenvalue weighted by atomic mass is 19.1. The van der Waals surface area contributed by atoms with Crippen molar-refractivity contribution in [1.82, 2.24) is 0 Å². The average molecular weight is 532 g/mol. The number of hydrogen-bond donors (Lipinski definition) is 3. The summed E-state index contributed by atoms with van der Waals surface area (Å²) in [6.07, 6.45) is 14.1. The topological polar surface area (TPSA) is 122 Å². The summed E-state index contributed by atoms with van der Waals surface area (Å²) in [6.45, 7) is 5.95. The second-order valence-corrected chi connectivity index (χ2v) is 9.61. The third kappa shape index (κ3) is 10.5. The van der Waals surface area contributed by atoms with Crippen molar-refractivity contribution in [1.29, 1.82) is 0 Å². The lowest BCUT2D eigenvalue weighted by Gasteiger charge is -2.17. The molecule has 0 bridgehead atoms. The number of halogens is 1. The maximum atomic E-state index is 14.3. The first-order valence-electron chi connectivity index (χ1n) is 13.9. The van der Waals surface area contributed by atoms with Crippen LogP contribution in [0, 0.1) is 26.0 Å². The zero-order valence-corrected chi connectivity index (χ0v) is 22.7. The van der Waals surface area contributed by atoms with Crippen LogP contribution >= 0.6 is 0 Å². The Labute approximate surface area is 224 Å². The van der Waals surface area contributed by atoms with Crippen molar-refractivity contribution in [3.63, 3.8) is 0 Å². The predicted octanol–water partition coefficient (Wildman–Crippen LogP) is 8.93. The Morgan fingerprint density at radius 3 is 1.79 bits per heavy atom. The number of benzene rings is 2. The van der Waals surface area contributed by atoms with E-state index in [1.807, 2.05) is 12.1 Å². The fourth-order valence-electron chi connectivity index (χ4n) is 4.26. The maximum Gasteiger partial charge on any atom is 0.311 e. The van der Waals surface area contributed by atoms with Gasteiger partial charge in [0.2, 0.25) is 5.82 Å². The smallest absolute Gasteiger partial charge is 0.311 e. The molecule has 0 unspecified atom stereocenters. The molecule has 0 amide bonds. The van der Waals surface area contributed by atoms with E-state index in [9.17, 15) is 24.6 Å². The van der Waals surface area contributed by atoms with Crippen LogP contribution in [-0.4, -0.2) is 22.9 Å². The first-order valence-corrected chi connectivity index (χ1v) is 13.9.